The van der Waals surface area contributed by atoms with E-state index in [1.165, 1.54) is 58.7 Å². The van der Waals surface area contributed by atoms with Crippen LogP contribution in [-0.2, 0) is 19.6 Å². The maximum Gasteiger partial charge on any atom is 0.255 e. The average molecular weight is 449 g/mol. The first-order chi connectivity index (χ1) is 14.7. The molecule has 11 heteroatoms. The predicted octanol–water partition coefficient (Wildman–Crippen LogP) is 1.43. The molecule has 0 saturated heterocycles. The van der Waals surface area contributed by atoms with Gasteiger partial charge >= 0.3 is 0 Å². The molecule has 2 aromatic carbocycles. The fourth-order valence-corrected chi connectivity index (χ4v) is 3.66. The topological polar surface area (TPSA) is 126 Å². The van der Waals surface area contributed by atoms with Crippen molar-refractivity contribution in [3.05, 3.63) is 48.0 Å². The van der Waals surface area contributed by atoms with Gasteiger partial charge in [-0.3, -0.25) is 9.59 Å². The van der Waals surface area contributed by atoms with E-state index in [-0.39, 0.29) is 10.8 Å². The lowest BCUT2D eigenvalue weighted by atomic mass is 10.2. The van der Waals surface area contributed by atoms with E-state index in [9.17, 15) is 18.0 Å². The molecule has 0 aliphatic carbocycles. The molecule has 2 amide bonds. The fraction of sp³-hybridized carbons (Fsp3) is 0.250. The minimum Gasteiger partial charge on any atom is -0.493 e. The summed E-state index contributed by atoms with van der Waals surface area (Å²) in [4.78, 5) is 23.1. The molecule has 2 rings (SSSR count). The van der Waals surface area contributed by atoms with E-state index in [2.05, 4.69) is 15.8 Å². The van der Waals surface area contributed by atoms with Crippen LogP contribution in [-0.4, -0.2) is 58.6 Å². The smallest absolute Gasteiger partial charge is 0.255 e. The number of ether oxygens (including phenoxy) is 2. The SMILES string of the molecule is COc1ccc(/C=N\NC(=O)CN(C)S(=O)(=O)c2ccc(NC(C)=O)cc2)cc1OC. The van der Waals surface area contributed by atoms with Crippen molar-refractivity contribution in [2.45, 2.75) is 11.8 Å². The van der Waals surface area contributed by atoms with Crippen molar-refractivity contribution in [3.63, 3.8) is 0 Å². The number of amides is 2. The molecule has 0 heterocycles. The largest absolute Gasteiger partial charge is 0.493 e. The molecular weight excluding hydrogens is 424 g/mol. The van der Waals surface area contributed by atoms with Gasteiger partial charge in [0.1, 0.15) is 0 Å². The molecule has 0 atom stereocenters. The number of nitrogens with one attached hydrogen (secondary N) is 2. The van der Waals surface area contributed by atoms with Gasteiger partial charge in [0.2, 0.25) is 15.9 Å². The second-order valence-electron chi connectivity index (χ2n) is 6.37. The highest BCUT2D eigenvalue weighted by atomic mass is 32.2. The van der Waals surface area contributed by atoms with Crippen molar-refractivity contribution < 1.29 is 27.5 Å². The number of methoxy groups -OCH3 is 2. The van der Waals surface area contributed by atoms with Crippen LogP contribution in [0.4, 0.5) is 5.69 Å². The number of carbonyl (C=O) groups is 2. The molecule has 0 aliphatic rings. The Bertz CT molecular complexity index is 1070. The number of sulfonamides is 1. The molecule has 0 saturated carbocycles. The molecule has 0 aromatic heterocycles. The summed E-state index contributed by atoms with van der Waals surface area (Å²) in [5.41, 5.74) is 3.41. The molecule has 0 radical (unpaired) electrons. The summed E-state index contributed by atoms with van der Waals surface area (Å²) in [6.07, 6.45) is 1.40. The van der Waals surface area contributed by atoms with E-state index in [4.69, 9.17) is 9.47 Å². The van der Waals surface area contributed by atoms with Gasteiger partial charge in [-0.1, -0.05) is 0 Å². The van der Waals surface area contributed by atoms with Crippen molar-refractivity contribution in [3.8, 4) is 11.5 Å². The van der Waals surface area contributed by atoms with Crippen LogP contribution in [0.2, 0.25) is 0 Å². The van der Waals surface area contributed by atoms with E-state index >= 15 is 0 Å². The molecule has 0 unspecified atom stereocenters. The normalized spacial score (nSPS) is 11.4. The molecule has 2 N–H and O–H groups in total. The molecule has 0 aliphatic heterocycles. The van der Waals surface area contributed by atoms with E-state index in [1.807, 2.05) is 0 Å². The van der Waals surface area contributed by atoms with Crippen LogP contribution >= 0.6 is 0 Å². The second kappa shape index (κ2) is 10.5. The predicted molar refractivity (Wildman–Crippen MR) is 116 cm³/mol. The molecule has 0 bridgehead atoms. The van der Waals surface area contributed by atoms with Crippen LogP contribution in [0, 0.1) is 0 Å². The Morgan fingerprint density at radius 1 is 1.06 bits per heavy atom. The molecule has 31 heavy (non-hydrogen) atoms. The minimum absolute atomic E-state index is 0.00858. The summed E-state index contributed by atoms with van der Waals surface area (Å²) in [6, 6.07) is 10.7. The Morgan fingerprint density at radius 2 is 1.71 bits per heavy atom. The number of carbonyl (C=O) groups excluding carboxylic acids is 2. The summed E-state index contributed by atoms with van der Waals surface area (Å²) in [6.45, 7) is 0.920. The highest BCUT2D eigenvalue weighted by Gasteiger charge is 2.22. The Labute approximate surface area is 180 Å². The Balaban J connectivity index is 1.98. The summed E-state index contributed by atoms with van der Waals surface area (Å²) >= 11 is 0. The third kappa shape index (κ3) is 6.52. The van der Waals surface area contributed by atoms with E-state index in [0.717, 1.165) is 4.31 Å². The van der Waals surface area contributed by atoms with E-state index in [0.29, 0.717) is 22.7 Å². The Morgan fingerprint density at radius 3 is 2.29 bits per heavy atom. The molecule has 10 nitrogen and oxygen atoms in total. The highest BCUT2D eigenvalue weighted by molar-refractivity contribution is 7.89. The third-order valence-corrected chi connectivity index (χ3v) is 5.88. The van der Waals surface area contributed by atoms with Gasteiger partial charge in [0.05, 0.1) is 31.9 Å². The van der Waals surface area contributed by atoms with Crippen LogP contribution < -0.4 is 20.2 Å². The molecule has 166 valence electrons. The fourth-order valence-electron chi connectivity index (χ4n) is 2.53. The van der Waals surface area contributed by atoms with Gasteiger partial charge in [0.15, 0.2) is 11.5 Å². The maximum absolute atomic E-state index is 12.6. The van der Waals surface area contributed by atoms with Gasteiger partial charge in [0, 0.05) is 19.7 Å². The zero-order valence-electron chi connectivity index (χ0n) is 17.6. The van der Waals surface area contributed by atoms with Crippen LogP contribution in [0.1, 0.15) is 12.5 Å². The number of hydrogen-bond donors (Lipinski definition) is 2. The quantitative estimate of drug-likeness (QED) is 0.441. The van der Waals surface area contributed by atoms with Crippen molar-refractivity contribution in [2.24, 2.45) is 5.10 Å². The van der Waals surface area contributed by atoms with Crippen molar-refractivity contribution in [1.29, 1.82) is 0 Å². The molecular formula is C20H24N4O6S. The minimum atomic E-state index is -3.90. The number of hydrogen-bond acceptors (Lipinski definition) is 7. The molecule has 2 aromatic rings. The van der Waals surface area contributed by atoms with Gasteiger partial charge in [-0.05, 0) is 48.0 Å². The van der Waals surface area contributed by atoms with Crippen LogP contribution in [0.15, 0.2) is 52.5 Å². The monoisotopic (exact) mass is 448 g/mol. The summed E-state index contributed by atoms with van der Waals surface area (Å²) in [5.74, 6) is 0.185. The lowest BCUT2D eigenvalue weighted by molar-refractivity contribution is -0.121. The first-order valence-corrected chi connectivity index (χ1v) is 10.5. The van der Waals surface area contributed by atoms with Crippen LogP contribution in [0.5, 0.6) is 11.5 Å². The zero-order valence-corrected chi connectivity index (χ0v) is 18.4. The summed E-state index contributed by atoms with van der Waals surface area (Å²) in [7, 11) is 0.416. The maximum atomic E-state index is 12.6. The van der Waals surface area contributed by atoms with Gasteiger partial charge < -0.3 is 14.8 Å². The lowest BCUT2D eigenvalue weighted by Crippen LogP contribution is -2.36. The molecule has 0 spiro atoms. The number of benzene rings is 2. The van der Waals surface area contributed by atoms with Gasteiger partial charge in [-0.25, -0.2) is 13.8 Å². The number of anilines is 1. The number of likely N-dealkylation sites (N-methyl/N-ethyl adjacent to an activating group) is 1. The number of nitrogens with zero attached hydrogens (tertiary/aromatic N) is 2. The Hall–Kier alpha value is -3.44. The second-order valence-corrected chi connectivity index (χ2v) is 8.42. The van der Waals surface area contributed by atoms with Gasteiger partial charge in [0.25, 0.3) is 5.91 Å². The van der Waals surface area contributed by atoms with Crippen LogP contribution in [0.25, 0.3) is 0 Å². The first-order valence-electron chi connectivity index (χ1n) is 9.05. The zero-order chi connectivity index (χ0) is 23.0. The van der Waals surface area contributed by atoms with Crippen molar-refractivity contribution >= 4 is 33.7 Å². The Kier molecular flexibility index (Phi) is 8.11. The first kappa shape index (κ1) is 23.8. The lowest BCUT2D eigenvalue weighted by Gasteiger charge is -2.16. The highest BCUT2D eigenvalue weighted by Crippen LogP contribution is 2.26. The van der Waals surface area contributed by atoms with Crippen LogP contribution in [0.3, 0.4) is 0 Å². The number of hydrazone groups is 1. The van der Waals surface area contributed by atoms with Gasteiger partial charge in [-0.15, -0.1) is 0 Å². The van der Waals surface area contributed by atoms with E-state index < -0.39 is 22.5 Å². The average Bonchev–Trinajstić information content (AvgIpc) is 2.73. The van der Waals surface area contributed by atoms with Crippen molar-refractivity contribution in [2.75, 3.05) is 33.1 Å². The standard InChI is InChI=1S/C20H24N4O6S/c1-14(25)22-16-6-8-17(9-7-16)31(27,28)24(2)13-20(26)23-21-12-15-5-10-18(29-3)19(11-15)30-4/h5-12H,13H2,1-4H3,(H,22,25)(H,23,26)/b21-12-. The third-order valence-electron chi connectivity index (χ3n) is 4.06. The summed E-state index contributed by atoms with van der Waals surface area (Å²) in [5, 5.41) is 6.39. The van der Waals surface area contributed by atoms with Crippen molar-refractivity contribution in [1.82, 2.24) is 9.73 Å². The number of rotatable bonds is 9. The molecule has 0 fully saturated rings. The summed E-state index contributed by atoms with van der Waals surface area (Å²) < 4.78 is 36.5. The van der Waals surface area contributed by atoms with E-state index in [1.54, 1.807) is 18.2 Å². The van der Waals surface area contributed by atoms with Gasteiger partial charge in [-0.2, -0.15) is 9.41 Å².